The fourth-order valence-electron chi connectivity index (χ4n) is 2.54. The quantitative estimate of drug-likeness (QED) is 0.892. The molecule has 122 valence electrons. The van der Waals surface area contributed by atoms with E-state index in [0.29, 0.717) is 37.4 Å². The number of rotatable bonds is 5. The molecule has 0 radical (unpaired) electrons. The molecule has 0 bridgehead atoms. The van der Waals surface area contributed by atoms with Crippen LogP contribution in [-0.4, -0.2) is 38.4 Å². The third-order valence-corrected chi connectivity index (χ3v) is 5.49. The van der Waals surface area contributed by atoms with Crippen molar-refractivity contribution in [3.05, 3.63) is 29.3 Å². The molecule has 0 saturated carbocycles. The van der Waals surface area contributed by atoms with Crippen LogP contribution in [-0.2, 0) is 14.8 Å². The Hall–Kier alpha value is -1.11. The molecule has 1 fully saturated rings. The van der Waals surface area contributed by atoms with Gasteiger partial charge in [-0.25, -0.2) is 13.1 Å². The van der Waals surface area contributed by atoms with Gasteiger partial charge in [-0.05, 0) is 37.5 Å². The van der Waals surface area contributed by atoms with Gasteiger partial charge < -0.3 is 4.90 Å². The van der Waals surface area contributed by atoms with E-state index in [1.807, 2.05) is 11.8 Å². The monoisotopic (exact) mass is 344 g/mol. The van der Waals surface area contributed by atoms with Gasteiger partial charge >= 0.3 is 0 Å². The fourth-order valence-corrected chi connectivity index (χ4v) is 4.15. The van der Waals surface area contributed by atoms with Crippen LogP contribution in [0.5, 0.6) is 0 Å². The summed E-state index contributed by atoms with van der Waals surface area (Å²) in [7, 11) is -3.57. The highest BCUT2D eigenvalue weighted by molar-refractivity contribution is 7.89. The molecule has 2 rings (SSSR count). The summed E-state index contributed by atoms with van der Waals surface area (Å²) in [6.45, 7) is 3.17. The van der Waals surface area contributed by atoms with Crippen molar-refractivity contribution in [2.24, 2.45) is 0 Å². The minimum atomic E-state index is -3.57. The smallest absolute Gasteiger partial charge is 0.240 e. The zero-order valence-electron chi connectivity index (χ0n) is 12.6. The molecule has 1 heterocycles. The van der Waals surface area contributed by atoms with Crippen LogP contribution in [0, 0.1) is 0 Å². The van der Waals surface area contributed by atoms with Gasteiger partial charge in [-0.1, -0.05) is 24.6 Å². The van der Waals surface area contributed by atoms with Crippen LogP contribution in [0.3, 0.4) is 0 Å². The SMILES string of the molecule is CCCC(=O)N1CCC(NS(=O)(=O)c2cccc(Cl)c2)CC1. The molecule has 1 aliphatic rings. The van der Waals surface area contributed by atoms with E-state index < -0.39 is 10.0 Å². The summed E-state index contributed by atoms with van der Waals surface area (Å²) >= 11 is 5.84. The van der Waals surface area contributed by atoms with E-state index in [1.165, 1.54) is 12.1 Å². The maximum atomic E-state index is 12.3. The van der Waals surface area contributed by atoms with Crippen molar-refractivity contribution >= 4 is 27.5 Å². The van der Waals surface area contributed by atoms with Crippen molar-refractivity contribution in [2.45, 2.75) is 43.5 Å². The summed E-state index contributed by atoms with van der Waals surface area (Å²) in [5.74, 6) is 0.152. The Balaban J connectivity index is 1.94. The van der Waals surface area contributed by atoms with Gasteiger partial charge in [0.1, 0.15) is 0 Å². The number of benzene rings is 1. The van der Waals surface area contributed by atoms with Crippen molar-refractivity contribution < 1.29 is 13.2 Å². The summed E-state index contributed by atoms with van der Waals surface area (Å²) in [6.07, 6.45) is 2.66. The first-order valence-electron chi connectivity index (χ1n) is 7.48. The number of nitrogens with zero attached hydrogens (tertiary/aromatic N) is 1. The highest BCUT2D eigenvalue weighted by Crippen LogP contribution is 2.18. The molecular formula is C15H21ClN2O3S. The second-order valence-corrected chi connectivity index (χ2v) is 7.63. The maximum absolute atomic E-state index is 12.3. The lowest BCUT2D eigenvalue weighted by Gasteiger charge is -2.32. The first-order valence-corrected chi connectivity index (χ1v) is 9.34. The standard InChI is InChI=1S/C15H21ClN2O3S/c1-2-4-15(19)18-9-7-13(8-10-18)17-22(20,21)14-6-3-5-12(16)11-14/h3,5-6,11,13,17H,2,4,7-10H2,1H3. The summed E-state index contributed by atoms with van der Waals surface area (Å²) in [4.78, 5) is 13.8. The third kappa shape index (κ3) is 4.44. The second kappa shape index (κ2) is 7.44. The molecule has 0 aliphatic carbocycles. The predicted molar refractivity (Wildman–Crippen MR) is 86.3 cm³/mol. The van der Waals surface area contributed by atoms with E-state index in [4.69, 9.17) is 11.6 Å². The number of amides is 1. The molecule has 7 heteroatoms. The Morgan fingerprint density at radius 1 is 1.36 bits per heavy atom. The molecule has 0 aromatic heterocycles. The third-order valence-electron chi connectivity index (χ3n) is 3.74. The Labute approximate surface area is 136 Å². The fraction of sp³-hybridized carbons (Fsp3) is 0.533. The molecule has 0 atom stereocenters. The lowest BCUT2D eigenvalue weighted by Crippen LogP contribution is -2.46. The second-order valence-electron chi connectivity index (χ2n) is 5.48. The number of carbonyl (C=O) groups excluding carboxylic acids is 1. The van der Waals surface area contributed by atoms with E-state index in [0.717, 1.165) is 6.42 Å². The van der Waals surface area contributed by atoms with Crippen LogP contribution in [0.25, 0.3) is 0 Å². The van der Waals surface area contributed by atoms with Crippen LogP contribution >= 0.6 is 11.6 Å². The van der Waals surface area contributed by atoms with E-state index >= 15 is 0 Å². The Morgan fingerprint density at radius 2 is 2.05 bits per heavy atom. The molecular weight excluding hydrogens is 324 g/mol. The van der Waals surface area contributed by atoms with Crippen LogP contribution in [0.1, 0.15) is 32.6 Å². The molecule has 0 unspecified atom stereocenters. The van der Waals surface area contributed by atoms with Crippen molar-refractivity contribution in [1.82, 2.24) is 9.62 Å². The number of hydrogen-bond acceptors (Lipinski definition) is 3. The number of halogens is 1. The molecule has 1 N–H and O–H groups in total. The average molecular weight is 345 g/mol. The molecule has 1 aliphatic heterocycles. The summed E-state index contributed by atoms with van der Waals surface area (Å²) in [5.41, 5.74) is 0. The number of piperidine rings is 1. The number of sulfonamides is 1. The lowest BCUT2D eigenvalue weighted by atomic mass is 10.1. The molecule has 1 amide bonds. The first kappa shape index (κ1) is 17.2. The van der Waals surface area contributed by atoms with Crippen LogP contribution in [0.2, 0.25) is 5.02 Å². The number of hydrogen-bond donors (Lipinski definition) is 1. The van der Waals surface area contributed by atoms with Gasteiger partial charge in [-0.2, -0.15) is 0 Å². The molecule has 0 spiro atoms. The Kier molecular flexibility index (Phi) is 5.83. The summed E-state index contributed by atoms with van der Waals surface area (Å²) < 4.78 is 27.3. The zero-order chi connectivity index (χ0) is 16.2. The lowest BCUT2D eigenvalue weighted by molar-refractivity contribution is -0.132. The van der Waals surface area contributed by atoms with Gasteiger partial charge in [0, 0.05) is 30.6 Å². The normalized spacial score (nSPS) is 16.7. The molecule has 5 nitrogen and oxygen atoms in total. The maximum Gasteiger partial charge on any atom is 0.240 e. The Morgan fingerprint density at radius 3 is 2.64 bits per heavy atom. The summed E-state index contributed by atoms with van der Waals surface area (Å²) in [5, 5.41) is 0.392. The average Bonchev–Trinajstić information content (AvgIpc) is 2.48. The van der Waals surface area contributed by atoms with Gasteiger partial charge in [0.15, 0.2) is 0 Å². The van der Waals surface area contributed by atoms with Crippen LogP contribution < -0.4 is 4.72 Å². The molecule has 1 saturated heterocycles. The van der Waals surface area contributed by atoms with Gasteiger partial charge in [0.05, 0.1) is 4.90 Å². The van der Waals surface area contributed by atoms with Gasteiger partial charge in [-0.15, -0.1) is 0 Å². The van der Waals surface area contributed by atoms with E-state index in [-0.39, 0.29) is 16.8 Å². The topological polar surface area (TPSA) is 66.5 Å². The molecule has 22 heavy (non-hydrogen) atoms. The van der Waals surface area contributed by atoms with Crippen LogP contribution in [0.15, 0.2) is 29.2 Å². The van der Waals surface area contributed by atoms with E-state index in [2.05, 4.69) is 4.72 Å². The van der Waals surface area contributed by atoms with E-state index in [9.17, 15) is 13.2 Å². The first-order chi connectivity index (χ1) is 10.4. The number of carbonyl (C=O) groups is 1. The van der Waals surface area contributed by atoms with Gasteiger partial charge in [0.2, 0.25) is 15.9 Å². The Bertz CT molecular complexity index is 625. The molecule has 1 aromatic carbocycles. The summed E-state index contributed by atoms with van der Waals surface area (Å²) in [6, 6.07) is 6.06. The number of nitrogens with one attached hydrogen (secondary N) is 1. The molecule has 1 aromatic rings. The highest BCUT2D eigenvalue weighted by atomic mass is 35.5. The predicted octanol–water partition coefficient (Wildman–Crippen LogP) is 2.41. The zero-order valence-corrected chi connectivity index (χ0v) is 14.2. The van der Waals surface area contributed by atoms with Crippen molar-refractivity contribution in [1.29, 1.82) is 0 Å². The minimum absolute atomic E-state index is 0.144. The number of likely N-dealkylation sites (tertiary alicyclic amines) is 1. The van der Waals surface area contributed by atoms with Crippen molar-refractivity contribution in [2.75, 3.05) is 13.1 Å². The van der Waals surface area contributed by atoms with Crippen LogP contribution in [0.4, 0.5) is 0 Å². The minimum Gasteiger partial charge on any atom is -0.343 e. The van der Waals surface area contributed by atoms with E-state index in [1.54, 1.807) is 12.1 Å². The van der Waals surface area contributed by atoms with Gasteiger partial charge in [0.25, 0.3) is 0 Å². The van der Waals surface area contributed by atoms with Gasteiger partial charge in [-0.3, -0.25) is 4.79 Å². The largest absolute Gasteiger partial charge is 0.343 e. The highest BCUT2D eigenvalue weighted by Gasteiger charge is 2.26. The van der Waals surface area contributed by atoms with Crippen molar-refractivity contribution in [3.8, 4) is 0 Å². The van der Waals surface area contributed by atoms with Crippen molar-refractivity contribution in [3.63, 3.8) is 0 Å².